The van der Waals surface area contributed by atoms with E-state index < -0.39 is 0 Å². The van der Waals surface area contributed by atoms with Crippen LogP contribution in [0.25, 0.3) is 0 Å². The third-order valence-corrected chi connectivity index (χ3v) is 5.24. The van der Waals surface area contributed by atoms with Crippen molar-refractivity contribution in [3.05, 3.63) is 89.7 Å². The van der Waals surface area contributed by atoms with E-state index in [-0.39, 0.29) is 24.8 Å². The lowest BCUT2D eigenvalue weighted by Gasteiger charge is -2.41. The molecule has 1 fully saturated rings. The first-order valence-corrected chi connectivity index (χ1v) is 9.33. The molecule has 1 aliphatic heterocycles. The van der Waals surface area contributed by atoms with E-state index in [9.17, 15) is 0 Å². The van der Waals surface area contributed by atoms with Gasteiger partial charge in [-0.15, -0.1) is 24.8 Å². The zero-order valence-electron chi connectivity index (χ0n) is 16.1. The van der Waals surface area contributed by atoms with Gasteiger partial charge in [-0.2, -0.15) is 5.10 Å². The summed E-state index contributed by atoms with van der Waals surface area (Å²) < 4.78 is 1.89. The minimum Gasteiger partial charge on any atom is -0.314 e. The van der Waals surface area contributed by atoms with Crippen molar-refractivity contribution in [1.29, 1.82) is 0 Å². The summed E-state index contributed by atoms with van der Waals surface area (Å²) >= 11 is 0. The van der Waals surface area contributed by atoms with E-state index in [0.717, 1.165) is 26.2 Å². The first-order valence-electron chi connectivity index (χ1n) is 9.33. The topological polar surface area (TPSA) is 33.1 Å². The Morgan fingerprint density at radius 2 is 1.61 bits per heavy atom. The molecule has 2 aromatic carbocycles. The summed E-state index contributed by atoms with van der Waals surface area (Å²) in [5.74, 6) is 0.349. The summed E-state index contributed by atoms with van der Waals surface area (Å²) in [6.45, 7) is 4.02. The zero-order chi connectivity index (χ0) is 17.8. The molecular weight excluding hydrogens is 391 g/mol. The van der Waals surface area contributed by atoms with Crippen molar-refractivity contribution in [3.63, 3.8) is 0 Å². The van der Waals surface area contributed by atoms with Gasteiger partial charge in [-0.25, -0.2) is 0 Å². The molecule has 3 aromatic rings. The van der Waals surface area contributed by atoms with Crippen molar-refractivity contribution in [2.45, 2.75) is 18.5 Å². The van der Waals surface area contributed by atoms with Crippen LogP contribution in [-0.2, 0) is 13.6 Å². The average molecular weight is 419 g/mol. The first-order chi connectivity index (χ1) is 12.8. The Hall–Kier alpha value is -1.85. The summed E-state index contributed by atoms with van der Waals surface area (Å²) in [5.41, 5.74) is 4.03. The fraction of sp³-hybridized carbons (Fsp3) is 0.318. The minimum atomic E-state index is 0. The summed E-state index contributed by atoms with van der Waals surface area (Å²) in [5, 5.41) is 7.96. The van der Waals surface area contributed by atoms with Crippen molar-refractivity contribution in [3.8, 4) is 0 Å². The average Bonchev–Trinajstić information content (AvgIpc) is 3.10. The van der Waals surface area contributed by atoms with E-state index in [2.05, 4.69) is 82.2 Å². The van der Waals surface area contributed by atoms with Crippen LogP contribution in [0, 0.1) is 0 Å². The maximum atomic E-state index is 4.34. The Morgan fingerprint density at radius 3 is 2.14 bits per heavy atom. The highest BCUT2D eigenvalue weighted by Crippen LogP contribution is 2.32. The predicted octanol–water partition coefficient (Wildman–Crippen LogP) is 3.87. The van der Waals surface area contributed by atoms with Gasteiger partial charge in [0.15, 0.2) is 0 Å². The lowest BCUT2D eigenvalue weighted by atomic mass is 9.83. The van der Waals surface area contributed by atoms with E-state index >= 15 is 0 Å². The number of nitrogens with zero attached hydrogens (tertiary/aromatic N) is 3. The second kappa shape index (κ2) is 10.6. The number of halogens is 2. The largest absolute Gasteiger partial charge is 0.314 e. The van der Waals surface area contributed by atoms with Crippen molar-refractivity contribution >= 4 is 24.8 Å². The molecule has 0 unspecified atom stereocenters. The van der Waals surface area contributed by atoms with Gasteiger partial charge in [-0.05, 0) is 11.1 Å². The van der Waals surface area contributed by atoms with E-state index in [0.29, 0.717) is 12.0 Å². The number of nitrogens with one attached hydrogen (secondary N) is 1. The van der Waals surface area contributed by atoms with E-state index in [1.165, 1.54) is 16.7 Å². The molecule has 0 aliphatic carbocycles. The second-order valence-corrected chi connectivity index (χ2v) is 7.06. The Morgan fingerprint density at radius 1 is 1.00 bits per heavy atom. The molecule has 0 saturated carbocycles. The molecule has 0 bridgehead atoms. The van der Waals surface area contributed by atoms with Gasteiger partial charge in [0, 0.05) is 56.9 Å². The Kier molecular flexibility index (Phi) is 8.52. The summed E-state index contributed by atoms with van der Waals surface area (Å²) in [7, 11) is 1.98. The molecule has 1 aliphatic rings. The number of hydrogen-bond acceptors (Lipinski definition) is 3. The number of piperazine rings is 1. The zero-order valence-corrected chi connectivity index (χ0v) is 17.7. The highest BCUT2D eigenvalue weighted by Gasteiger charge is 2.32. The number of aryl methyl sites for hydroxylation is 1. The molecule has 4 rings (SSSR count). The molecular formula is C22H28Cl2N4. The van der Waals surface area contributed by atoms with Crippen LogP contribution in [0.5, 0.6) is 0 Å². The smallest absolute Gasteiger partial charge is 0.0534 e. The normalized spacial score (nSPS) is 17.0. The molecule has 1 saturated heterocycles. The Bertz CT molecular complexity index is 783. The van der Waals surface area contributed by atoms with Gasteiger partial charge >= 0.3 is 0 Å². The van der Waals surface area contributed by atoms with Crippen molar-refractivity contribution in [1.82, 2.24) is 20.0 Å². The molecule has 1 atom stereocenters. The van der Waals surface area contributed by atoms with Gasteiger partial charge in [0.1, 0.15) is 0 Å². The monoisotopic (exact) mass is 418 g/mol. The van der Waals surface area contributed by atoms with Crippen LogP contribution in [0.15, 0.2) is 73.1 Å². The minimum absolute atomic E-state index is 0. The number of aromatic nitrogens is 2. The highest BCUT2D eigenvalue weighted by molar-refractivity contribution is 5.85. The van der Waals surface area contributed by atoms with Crippen LogP contribution in [0.4, 0.5) is 0 Å². The SMILES string of the molecule is Cl.Cl.Cn1cc(CN2CCNC[C@H]2C(c2ccccc2)c2ccccc2)cn1. The molecule has 1 aromatic heterocycles. The molecule has 6 heteroatoms. The maximum absolute atomic E-state index is 4.34. The van der Waals surface area contributed by atoms with E-state index in [1.54, 1.807) is 0 Å². The molecule has 0 spiro atoms. The fourth-order valence-corrected chi connectivity index (χ4v) is 4.04. The molecule has 1 N–H and O–H groups in total. The predicted molar refractivity (Wildman–Crippen MR) is 119 cm³/mol. The second-order valence-electron chi connectivity index (χ2n) is 7.06. The third kappa shape index (κ3) is 5.15. The fourth-order valence-electron chi connectivity index (χ4n) is 4.04. The van der Waals surface area contributed by atoms with Crippen LogP contribution in [0.2, 0.25) is 0 Å². The summed E-state index contributed by atoms with van der Waals surface area (Å²) in [6, 6.07) is 22.2. The lowest BCUT2D eigenvalue weighted by molar-refractivity contribution is 0.139. The molecule has 150 valence electrons. The van der Waals surface area contributed by atoms with Crippen molar-refractivity contribution < 1.29 is 0 Å². The van der Waals surface area contributed by atoms with Gasteiger partial charge in [-0.3, -0.25) is 9.58 Å². The van der Waals surface area contributed by atoms with Gasteiger partial charge in [0.25, 0.3) is 0 Å². The molecule has 2 heterocycles. The number of rotatable bonds is 5. The van der Waals surface area contributed by atoms with Gasteiger partial charge < -0.3 is 5.32 Å². The van der Waals surface area contributed by atoms with Crippen LogP contribution >= 0.6 is 24.8 Å². The molecule has 4 nitrogen and oxygen atoms in total. The van der Waals surface area contributed by atoms with E-state index in [1.807, 2.05) is 17.9 Å². The summed E-state index contributed by atoms with van der Waals surface area (Å²) in [6.07, 6.45) is 4.11. The standard InChI is InChI=1S/C22H26N4.2ClH/c1-25-16-18(14-24-25)17-26-13-12-23-15-21(26)22(19-8-4-2-5-9-19)20-10-6-3-7-11-20;;/h2-11,14,16,21-23H,12-13,15,17H2,1H3;2*1H/t21-;;/m0../s1. The summed E-state index contributed by atoms with van der Waals surface area (Å²) in [4.78, 5) is 2.61. The Labute approximate surface area is 179 Å². The number of hydrogen-bond donors (Lipinski definition) is 1. The Balaban J connectivity index is 0.00000140. The lowest BCUT2D eigenvalue weighted by Crippen LogP contribution is -2.53. The molecule has 0 radical (unpaired) electrons. The van der Waals surface area contributed by atoms with Gasteiger partial charge in [0.05, 0.1) is 6.20 Å². The first kappa shape index (κ1) is 22.4. The van der Waals surface area contributed by atoms with Gasteiger partial charge in [0.2, 0.25) is 0 Å². The third-order valence-electron chi connectivity index (χ3n) is 5.24. The van der Waals surface area contributed by atoms with Crippen LogP contribution < -0.4 is 5.32 Å². The van der Waals surface area contributed by atoms with Crippen molar-refractivity contribution in [2.75, 3.05) is 19.6 Å². The quantitative estimate of drug-likeness (QED) is 0.682. The number of benzene rings is 2. The maximum Gasteiger partial charge on any atom is 0.0534 e. The van der Waals surface area contributed by atoms with Crippen LogP contribution in [0.1, 0.15) is 22.6 Å². The van der Waals surface area contributed by atoms with E-state index in [4.69, 9.17) is 0 Å². The van der Waals surface area contributed by atoms with Crippen LogP contribution in [-0.4, -0.2) is 40.4 Å². The molecule has 0 amide bonds. The van der Waals surface area contributed by atoms with Gasteiger partial charge in [-0.1, -0.05) is 60.7 Å². The van der Waals surface area contributed by atoms with Crippen LogP contribution in [0.3, 0.4) is 0 Å². The molecule has 28 heavy (non-hydrogen) atoms. The van der Waals surface area contributed by atoms with Crippen molar-refractivity contribution in [2.24, 2.45) is 7.05 Å². The highest BCUT2D eigenvalue weighted by atomic mass is 35.5.